The van der Waals surface area contributed by atoms with Crippen LogP contribution < -0.4 is 0 Å². The Kier molecular flexibility index (Phi) is 5.63. The molecule has 0 bridgehead atoms. The summed E-state index contributed by atoms with van der Waals surface area (Å²) in [7, 11) is -1.36. The number of rotatable bonds is 5. The molecule has 138 valence electrons. The van der Waals surface area contributed by atoms with Crippen molar-refractivity contribution in [2.24, 2.45) is 0 Å². The topological polar surface area (TPSA) is 67.3 Å². The molecular formula is C19H21ClN2O3S. The maximum atomic E-state index is 13.2. The second-order valence-corrected chi connectivity index (χ2v) is 9.30. The number of benzene rings is 1. The predicted molar refractivity (Wildman–Crippen MR) is 102 cm³/mol. The van der Waals surface area contributed by atoms with E-state index in [0.717, 1.165) is 11.3 Å². The first-order valence-corrected chi connectivity index (χ1v) is 10.7. The summed E-state index contributed by atoms with van der Waals surface area (Å²) in [5, 5.41) is 0.605. The molecule has 5 nitrogen and oxygen atoms in total. The number of hydrogen-bond acceptors (Lipinski definition) is 4. The van der Waals surface area contributed by atoms with Gasteiger partial charge in [0.1, 0.15) is 0 Å². The molecule has 0 radical (unpaired) electrons. The Morgan fingerprint density at radius 2 is 2.00 bits per heavy atom. The standard InChI is InChI=1S/C19H21ClN2O3S/c1-22(17-9-11-26(24,25)13-17)19(23)18(12-16-4-2-3-10-21-16)14-5-7-15(20)8-6-14/h2-8,10,17-18H,9,11-13H2,1H3. The maximum absolute atomic E-state index is 13.2. The quantitative estimate of drug-likeness (QED) is 0.784. The van der Waals surface area contributed by atoms with Gasteiger partial charge < -0.3 is 4.90 Å². The fourth-order valence-electron chi connectivity index (χ4n) is 3.28. The van der Waals surface area contributed by atoms with Gasteiger partial charge in [0, 0.05) is 36.4 Å². The lowest BCUT2D eigenvalue weighted by Crippen LogP contribution is -2.41. The van der Waals surface area contributed by atoms with Crippen molar-refractivity contribution in [1.29, 1.82) is 0 Å². The predicted octanol–water partition coefficient (Wildman–Crippen LogP) is 2.71. The minimum absolute atomic E-state index is 0.0339. The van der Waals surface area contributed by atoms with Gasteiger partial charge in [0.05, 0.1) is 17.4 Å². The van der Waals surface area contributed by atoms with E-state index in [9.17, 15) is 13.2 Å². The molecular weight excluding hydrogens is 372 g/mol. The minimum Gasteiger partial charge on any atom is -0.341 e. The first kappa shape index (κ1) is 18.9. The molecule has 1 amide bonds. The molecule has 2 unspecified atom stereocenters. The lowest BCUT2D eigenvalue weighted by Gasteiger charge is -2.28. The molecule has 3 rings (SSSR count). The van der Waals surface area contributed by atoms with Crippen LogP contribution >= 0.6 is 11.6 Å². The molecule has 1 aliphatic rings. The van der Waals surface area contributed by atoms with E-state index in [4.69, 9.17) is 11.6 Å². The van der Waals surface area contributed by atoms with Gasteiger partial charge in [0.15, 0.2) is 9.84 Å². The van der Waals surface area contributed by atoms with Crippen LogP contribution in [0.2, 0.25) is 5.02 Å². The first-order valence-electron chi connectivity index (χ1n) is 8.48. The van der Waals surface area contributed by atoms with Gasteiger partial charge >= 0.3 is 0 Å². The average Bonchev–Trinajstić information content (AvgIpc) is 3.00. The normalized spacial score (nSPS) is 19.8. The molecule has 1 aromatic heterocycles. The van der Waals surface area contributed by atoms with Crippen LogP contribution in [-0.4, -0.2) is 48.8 Å². The fraction of sp³-hybridized carbons (Fsp3) is 0.368. The van der Waals surface area contributed by atoms with Gasteiger partial charge in [-0.2, -0.15) is 0 Å². The number of sulfone groups is 1. The maximum Gasteiger partial charge on any atom is 0.230 e. The van der Waals surface area contributed by atoms with E-state index in [1.165, 1.54) is 0 Å². The zero-order valence-corrected chi connectivity index (χ0v) is 16.1. The number of pyridine rings is 1. The molecule has 26 heavy (non-hydrogen) atoms. The molecule has 2 heterocycles. The van der Waals surface area contributed by atoms with Crippen LogP contribution in [0.4, 0.5) is 0 Å². The molecule has 1 saturated heterocycles. The van der Waals surface area contributed by atoms with Gasteiger partial charge in [-0.25, -0.2) is 8.42 Å². The Hall–Kier alpha value is -1.92. The van der Waals surface area contributed by atoms with Gasteiger partial charge in [0.25, 0.3) is 0 Å². The van der Waals surface area contributed by atoms with Crippen LogP contribution in [-0.2, 0) is 21.1 Å². The Morgan fingerprint density at radius 3 is 2.58 bits per heavy atom. The van der Waals surface area contributed by atoms with Crippen molar-refractivity contribution in [2.45, 2.75) is 24.8 Å². The number of aromatic nitrogens is 1. The molecule has 0 N–H and O–H groups in total. The van der Waals surface area contributed by atoms with Gasteiger partial charge in [-0.05, 0) is 36.2 Å². The monoisotopic (exact) mass is 392 g/mol. The van der Waals surface area contributed by atoms with Crippen molar-refractivity contribution in [1.82, 2.24) is 9.88 Å². The second kappa shape index (κ2) is 7.76. The third kappa shape index (κ3) is 4.43. The zero-order valence-electron chi connectivity index (χ0n) is 14.5. The van der Waals surface area contributed by atoms with E-state index in [2.05, 4.69) is 4.98 Å². The van der Waals surface area contributed by atoms with Gasteiger partial charge in [-0.3, -0.25) is 9.78 Å². The van der Waals surface area contributed by atoms with Crippen LogP contribution in [0.5, 0.6) is 0 Å². The highest BCUT2D eigenvalue weighted by Crippen LogP contribution is 2.27. The summed E-state index contributed by atoms with van der Waals surface area (Å²) in [5.74, 6) is -0.358. The van der Waals surface area contributed by atoms with E-state index >= 15 is 0 Å². The number of halogens is 1. The van der Waals surface area contributed by atoms with Crippen LogP contribution in [0.15, 0.2) is 48.7 Å². The molecule has 1 fully saturated rings. The van der Waals surface area contributed by atoms with Gasteiger partial charge in [-0.15, -0.1) is 0 Å². The largest absolute Gasteiger partial charge is 0.341 e. The third-order valence-electron chi connectivity index (χ3n) is 4.81. The highest BCUT2D eigenvalue weighted by Gasteiger charge is 2.35. The smallest absolute Gasteiger partial charge is 0.230 e. The number of carbonyl (C=O) groups is 1. The molecule has 0 spiro atoms. The average molecular weight is 393 g/mol. The van der Waals surface area contributed by atoms with E-state index in [1.807, 2.05) is 30.3 Å². The molecule has 1 aliphatic heterocycles. The van der Waals surface area contributed by atoms with Gasteiger partial charge in [-0.1, -0.05) is 29.8 Å². The molecule has 7 heteroatoms. The lowest BCUT2D eigenvalue weighted by atomic mass is 9.92. The summed E-state index contributed by atoms with van der Waals surface area (Å²) in [6.07, 6.45) is 2.64. The Bertz CT molecular complexity index is 869. The summed E-state index contributed by atoms with van der Waals surface area (Å²) in [5.41, 5.74) is 1.66. The lowest BCUT2D eigenvalue weighted by molar-refractivity contribution is -0.133. The van der Waals surface area contributed by atoms with E-state index in [0.29, 0.717) is 17.9 Å². The van der Waals surface area contributed by atoms with Gasteiger partial charge in [0.2, 0.25) is 5.91 Å². The highest BCUT2D eigenvalue weighted by atomic mass is 35.5. The van der Waals surface area contributed by atoms with Crippen molar-refractivity contribution in [3.05, 3.63) is 64.9 Å². The zero-order chi connectivity index (χ0) is 18.7. The summed E-state index contributed by atoms with van der Waals surface area (Å²) >= 11 is 5.98. The Balaban J connectivity index is 1.86. The van der Waals surface area contributed by atoms with Crippen molar-refractivity contribution in [3.8, 4) is 0 Å². The van der Waals surface area contributed by atoms with Crippen LogP contribution in [0.25, 0.3) is 0 Å². The molecule has 2 atom stereocenters. The van der Waals surface area contributed by atoms with Crippen LogP contribution in [0.3, 0.4) is 0 Å². The van der Waals surface area contributed by atoms with E-state index < -0.39 is 15.8 Å². The second-order valence-electron chi connectivity index (χ2n) is 6.64. The Labute approximate surface area is 158 Å². The van der Waals surface area contributed by atoms with E-state index in [1.54, 1.807) is 30.3 Å². The number of likely N-dealkylation sites (N-methyl/N-ethyl adjacent to an activating group) is 1. The van der Waals surface area contributed by atoms with Crippen molar-refractivity contribution in [2.75, 3.05) is 18.6 Å². The van der Waals surface area contributed by atoms with Crippen LogP contribution in [0.1, 0.15) is 23.6 Å². The summed E-state index contributed by atoms with van der Waals surface area (Å²) in [6, 6.07) is 12.5. The summed E-state index contributed by atoms with van der Waals surface area (Å²) < 4.78 is 23.5. The first-order chi connectivity index (χ1) is 12.4. The molecule has 0 saturated carbocycles. The van der Waals surface area contributed by atoms with Crippen molar-refractivity contribution >= 4 is 27.3 Å². The van der Waals surface area contributed by atoms with E-state index in [-0.39, 0.29) is 23.5 Å². The molecule has 1 aromatic carbocycles. The summed E-state index contributed by atoms with van der Waals surface area (Å²) in [4.78, 5) is 19.1. The fourth-order valence-corrected chi connectivity index (χ4v) is 5.18. The SMILES string of the molecule is CN(C(=O)C(Cc1ccccn1)c1ccc(Cl)cc1)C1CCS(=O)(=O)C1. The number of amides is 1. The third-order valence-corrected chi connectivity index (χ3v) is 6.82. The molecule has 2 aromatic rings. The number of carbonyl (C=O) groups excluding carboxylic acids is 1. The van der Waals surface area contributed by atoms with Crippen molar-refractivity contribution < 1.29 is 13.2 Å². The van der Waals surface area contributed by atoms with Crippen molar-refractivity contribution in [3.63, 3.8) is 0 Å². The highest BCUT2D eigenvalue weighted by molar-refractivity contribution is 7.91. The minimum atomic E-state index is -3.05. The summed E-state index contributed by atoms with van der Waals surface area (Å²) in [6.45, 7) is 0. The van der Waals surface area contributed by atoms with Crippen LogP contribution in [0, 0.1) is 0 Å². The number of hydrogen-bond donors (Lipinski definition) is 0. The Morgan fingerprint density at radius 1 is 1.27 bits per heavy atom. The molecule has 0 aliphatic carbocycles. The number of nitrogens with zero attached hydrogens (tertiary/aromatic N) is 2.